The Balaban J connectivity index is 0.980. The quantitative estimate of drug-likeness (QED) is 0.414. The van der Waals surface area contributed by atoms with Gasteiger partial charge in [-0.15, -0.1) is 0 Å². The minimum absolute atomic E-state index is 0.0181. The number of likely N-dealkylation sites (tertiary alicyclic amines) is 2. The summed E-state index contributed by atoms with van der Waals surface area (Å²) < 4.78 is 0. The second-order valence-corrected chi connectivity index (χ2v) is 14.4. The number of piperidine rings is 1. The topological polar surface area (TPSA) is 53.5 Å². The second-order valence-electron chi connectivity index (χ2n) is 14.4. The minimum atomic E-state index is 0.0181. The first-order valence-electron chi connectivity index (χ1n) is 16.9. The number of carbonyl (C=O) groups is 2. The van der Waals surface area contributed by atoms with Crippen LogP contribution in [-0.4, -0.2) is 52.8 Å². The van der Waals surface area contributed by atoms with E-state index in [4.69, 9.17) is 4.98 Å². The van der Waals surface area contributed by atoms with E-state index in [9.17, 15) is 9.59 Å². The Morgan fingerprint density at radius 3 is 2.24 bits per heavy atom. The van der Waals surface area contributed by atoms with Gasteiger partial charge in [0.15, 0.2) is 0 Å². The molecule has 3 heterocycles. The molecule has 0 radical (unpaired) electrons. The van der Waals surface area contributed by atoms with E-state index in [1.165, 1.54) is 52.8 Å². The molecule has 3 saturated carbocycles. The van der Waals surface area contributed by atoms with Gasteiger partial charge in [-0.2, -0.15) is 0 Å². The number of hydrogen-bond donors (Lipinski definition) is 0. The maximum Gasteiger partial charge on any atom is 0.233 e. The van der Waals surface area contributed by atoms with E-state index in [1.807, 2.05) is 6.20 Å². The van der Waals surface area contributed by atoms with Gasteiger partial charge in [-0.05, 0) is 111 Å². The Bertz CT molecular complexity index is 1410. The molecule has 2 saturated heterocycles. The minimum Gasteiger partial charge on any atom is -0.302 e. The molecule has 2 unspecified atom stereocenters. The van der Waals surface area contributed by atoms with E-state index in [0.29, 0.717) is 30.2 Å². The fraction of sp³-hybridized carbons (Fsp3) is 0.595. The predicted octanol–water partition coefficient (Wildman–Crippen LogP) is 6.22. The Hall–Kier alpha value is -2.79. The van der Waals surface area contributed by atoms with Gasteiger partial charge in [-0.25, -0.2) is 0 Å². The highest BCUT2D eigenvalue weighted by Gasteiger charge is 2.61. The van der Waals surface area contributed by atoms with E-state index in [2.05, 4.69) is 42.2 Å². The van der Waals surface area contributed by atoms with Crippen molar-refractivity contribution in [1.29, 1.82) is 0 Å². The lowest BCUT2D eigenvalue weighted by Gasteiger charge is -2.39. The molecule has 8 rings (SSSR count). The smallest absolute Gasteiger partial charge is 0.233 e. The van der Waals surface area contributed by atoms with E-state index in [-0.39, 0.29) is 23.7 Å². The molecular formula is C37H45N3O2. The zero-order valence-electron chi connectivity index (χ0n) is 25.2. The number of carbonyl (C=O) groups excluding carboxylic acids is 2. The van der Waals surface area contributed by atoms with E-state index < -0.39 is 0 Å². The van der Waals surface area contributed by atoms with Gasteiger partial charge in [0.25, 0.3) is 0 Å². The molecule has 5 fully saturated rings. The Morgan fingerprint density at radius 2 is 1.50 bits per heavy atom. The lowest BCUT2D eigenvalue weighted by molar-refractivity contribution is -0.142. The fourth-order valence-electron chi connectivity index (χ4n) is 10.0. The van der Waals surface area contributed by atoms with E-state index in [1.54, 1.807) is 10.5 Å². The molecule has 0 N–H and O–H groups in total. The molecule has 0 spiro atoms. The summed E-state index contributed by atoms with van der Waals surface area (Å²) in [4.78, 5) is 36.3. The fourth-order valence-corrected chi connectivity index (χ4v) is 10.0. The van der Waals surface area contributed by atoms with Gasteiger partial charge in [0.05, 0.1) is 17.5 Å². The summed E-state index contributed by atoms with van der Waals surface area (Å²) in [7, 11) is 0. The molecule has 220 valence electrons. The summed E-state index contributed by atoms with van der Waals surface area (Å²) >= 11 is 0. The molecule has 5 heteroatoms. The summed E-state index contributed by atoms with van der Waals surface area (Å²) in [5.74, 6) is 2.39. The molecule has 1 aromatic carbocycles. The molecule has 4 aliphatic carbocycles. The molecule has 1 aromatic heterocycles. The van der Waals surface area contributed by atoms with Crippen LogP contribution in [0.4, 0.5) is 0 Å². The van der Waals surface area contributed by atoms with Crippen LogP contribution in [0.3, 0.4) is 0 Å². The zero-order chi connectivity index (χ0) is 28.4. The van der Waals surface area contributed by atoms with Gasteiger partial charge >= 0.3 is 0 Å². The average molecular weight is 564 g/mol. The van der Waals surface area contributed by atoms with Crippen LogP contribution in [-0.2, 0) is 22.4 Å². The molecule has 2 aliphatic heterocycles. The number of amides is 2. The number of nitrogens with zero attached hydrogens (tertiary/aromatic N) is 3. The highest BCUT2D eigenvalue weighted by atomic mass is 16.2. The van der Waals surface area contributed by atoms with Crippen LogP contribution < -0.4 is 0 Å². The van der Waals surface area contributed by atoms with Crippen molar-refractivity contribution in [2.24, 2.45) is 35.5 Å². The summed E-state index contributed by atoms with van der Waals surface area (Å²) in [5, 5.41) is 0. The van der Waals surface area contributed by atoms with Crippen molar-refractivity contribution in [3.63, 3.8) is 0 Å². The maximum atomic E-state index is 13.4. The first-order valence-corrected chi connectivity index (χ1v) is 16.9. The molecule has 5 nitrogen and oxygen atoms in total. The van der Waals surface area contributed by atoms with Crippen LogP contribution in [0.2, 0.25) is 0 Å². The molecule has 6 aliphatic rings. The van der Waals surface area contributed by atoms with Crippen molar-refractivity contribution in [2.45, 2.75) is 77.6 Å². The predicted molar refractivity (Wildman–Crippen MR) is 164 cm³/mol. The van der Waals surface area contributed by atoms with Crippen molar-refractivity contribution in [1.82, 2.24) is 14.8 Å². The van der Waals surface area contributed by atoms with Crippen LogP contribution in [0.5, 0.6) is 0 Å². The van der Waals surface area contributed by atoms with Crippen LogP contribution in [0.15, 0.2) is 42.1 Å². The van der Waals surface area contributed by atoms with E-state index >= 15 is 0 Å². The monoisotopic (exact) mass is 563 g/mol. The van der Waals surface area contributed by atoms with Gasteiger partial charge in [-0.3, -0.25) is 19.5 Å². The first kappa shape index (κ1) is 26.8. The van der Waals surface area contributed by atoms with Crippen LogP contribution in [0.1, 0.15) is 85.7 Å². The molecule has 42 heavy (non-hydrogen) atoms. The van der Waals surface area contributed by atoms with Crippen LogP contribution in [0.25, 0.3) is 5.57 Å². The second kappa shape index (κ2) is 10.7. The van der Waals surface area contributed by atoms with E-state index in [0.717, 1.165) is 71.0 Å². The zero-order valence-corrected chi connectivity index (χ0v) is 25.2. The number of fused-ring (bicyclic) bond motifs is 7. The SMILES string of the molecule is Cc1ccc2c(c1)CCc1cccnc1C2=C1CCN(C[C@H]2CCCC[C@@H]2CN2C(=O)C3C(C2=O)[C@H]2CC[C@@H]3C2)CC1. The van der Waals surface area contributed by atoms with Crippen molar-refractivity contribution in [3.8, 4) is 0 Å². The number of pyridine rings is 1. The number of rotatable bonds is 4. The van der Waals surface area contributed by atoms with Crippen molar-refractivity contribution >= 4 is 17.4 Å². The molecule has 2 aromatic rings. The van der Waals surface area contributed by atoms with Gasteiger partial charge < -0.3 is 4.90 Å². The lowest BCUT2D eigenvalue weighted by Crippen LogP contribution is -2.43. The molecular weight excluding hydrogens is 518 g/mol. The van der Waals surface area contributed by atoms with Crippen LogP contribution >= 0.6 is 0 Å². The number of aryl methyl sites for hydroxylation is 3. The summed E-state index contributed by atoms with van der Waals surface area (Å²) in [5.41, 5.74) is 9.74. The standard InChI is InChI=1S/C37H45N3O2/c1-23-8-13-31-26(19-23)10-9-25-7-4-16-38-35(25)32(31)24-14-17-39(18-15-24)21-29-5-2-3-6-30(29)22-40-36(41)33-27-11-12-28(20-27)34(33)37(40)42/h4,7-8,13,16,19,27-30,33-34H,2-3,5-6,9-12,14-15,17-18,20-22H2,1H3/t27-,28+,29-,30-,33?,34?/m1/s1. The maximum absolute atomic E-state index is 13.4. The largest absolute Gasteiger partial charge is 0.302 e. The third kappa shape index (κ3) is 4.49. The number of imide groups is 1. The number of hydrogen-bond acceptors (Lipinski definition) is 4. The number of benzene rings is 1. The van der Waals surface area contributed by atoms with Gasteiger partial charge in [0.2, 0.25) is 11.8 Å². The third-order valence-corrected chi connectivity index (χ3v) is 12.1. The average Bonchev–Trinajstić information content (AvgIpc) is 3.66. The lowest BCUT2D eigenvalue weighted by atomic mass is 9.78. The van der Waals surface area contributed by atoms with Gasteiger partial charge in [-0.1, -0.05) is 48.2 Å². The number of aromatic nitrogens is 1. The summed E-state index contributed by atoms with van der Waals surface area (Å²) in [6.07, 6.45) is 14.6. The van der Waals surface area contributed by atoms with Crippen LogP contribution in [0, 0.1) is 42.4 Å². The molecule has 6 atom stereocenters. The molecule has 2 amide bonds. The highest BCUT2D eigenvalue weighted by molar-refractivity contribution is 6.06. The first-order chi connectivity index (χ1) is 20.5. The highest BCUT2D eigenvalue weighted by Crippen LogP contribution is 2.56. The van der Waals surface area contributed by atoms with Crippen molar-refractivity contribution in [2.75, 3.05) is 26.2 Å². The Labute approximate surface area is 250 Å². The Morgan fingerprint density at radius 1 is 0.810 bits per heavy atom. The third-order valence-electron chi connectivity index (χ3n) is 12.1. The van der Waals surface area contributed by atoms with Crippen molar-refractivity contribution < 1.29 is 9.59 Å². The van der Waals surface area contributed by atoms with Gasteiger partial charge in [0.1, 0.15) is 0 Å². The summed E-state index contributed by atoms with van der Waals surface area (Å²) in [6.45, 7) is 6.15. The Kier molecular flexibility index (Phi) is 6.85. The van der Waals surface area contributed by atoms with Gasteiger partial charge in [0, 0.05) is 37.9 Å². The normalized spacial score (nSPS) is 32.6. The molecule has 2 bridgehead atoms. The van der Waals surface area contributed by atoms with Crippen molar-refractivity contribution in [3.05, 3.63) is 70.0 Å². The summed E-state index contributed by atoms with van der Waals surface area (Å²) in [6, 6.07) is 11.4.